The average molecular weight is 752 g/mol. The predicted octanol–water partition coefficient (Wildman–Crippen LogP) is 15.4. The minimum Gasteiger partial charge on any atom is -0.311 e. The van der Waals surface area contributed by atoms with Crippen LogP contribution in [0.1, 0.15) is 56.9 Å². The second kappa shape index (κ2) is 12.6. The van der Waals surface area contributed by atoms with Gasteiger partial charge in [-0.15, -0.1) is 0 Å². The molecular weight excluding hydrogens is 703 g/mol. The maximum atomic E-state index is 8.35. The molecule has 8 aromatic carbocycles. The Morgan fingerprint density at radius 3 is 1.67 bits per heavy atom. The molecule has 0 spiro atoms. The van der Waals surface area contributed by atoms with Gasteiger partial charge in [-0.2, -0.15) is 0 Å². The van der Waals surface area contributed by atoms with Crippen molar-refractivity contribution in [2.45, 2.75) is 45.4 Å². The van der Waals surface area contributed by atoms with E-state index in [1.54, 1.807) is 0 Å². The van der Waals surface area contributed by atoms with E-state index in [1.165, 1.54) is 49.6 Å². The lowest BCUT2D eigenvalue weighted by atomic mass is 9.81. The molecule has 0 atom stereocenters. The third-order valence-electron chi connectivity index (χ3n) is 12.3. The average Bonchev–Trinajstić information content (AvgIpc) is 3.85. The Labute approximate surface area is 346 Å². The first-order valence-electron chi connectivity index (χ1n) is 22.1. The van der Waals surface area contributed by atoms with Crippen molar-refractivity contribution in [3.63, 3.8) is 0 Å². The molecule has 1 aliphatic carbocycles. The molecule has 0 saturated carbocycles. The number of hydrogen-bond donors (Lipinski definition) is 0. The summed E-state index contributed by atoms with van der Waals surface area (Å²) >= 11 is 0. The number of aromatic nitrogens is 1. The molecule has 10 aromatic rings. The van der Waals surface area contributed by atoms with Crippen LogP contribution < -0.4 is 9.80 Å². The standard InChI is InChI=1S/C55H45N3/c1-54(2,3)38-27-30-47-46(35-38)50-51-48(57(41-22-14-8-15-23-41)42-24-16-9-17-25-42)31-29-44-45-33-36-26-28-43(56(39-18-10-6-11-19-39)40-20-12-7-13-21-40)32-37(36)34-49(45)58(52(44)51)53(50)55(47,4)5/h6-35H,1-5H3/i6D,7D,8D,9D. The van der Waals surface area contributed by atoms with Gasteiger partial charge in [-0.1, -0.05) is 138 Å². The van der Waals surface area contributed by atoms with Crippen molar-refractivity contribution in [1.82, 2.24) is 4.40 Å². The fourth-order valence-corrected chi connectivity index (χ4v) is 9.59. The van der Waals surface area contributed by atoms with Gasteiger partial charge < -0.3 is 14.2 Å². The van der Waals surface area contributed by atoms with Crippen LogP contribution in [0.5, 0.6) is 0 Å². The summed E-state index contributed by atoms with van der Waals surface area (Å²) in [5.74, 6) is 0. The number of fused-ring (bicyclic) bond motifs is 9. The Balaban J connectivity index is 1.23. The van der Waals surface area contributed by atoms with Gasteiger partial charge >= 0.3 is 0 Å². The summed E-state index contributed by atoms with van der Waals surface area (Å²) < 4.78 is 35.6. The SMILES string of the molecule is [2H]c1ccc(N(c2ccc([2H])cc2)c2ccc3cc4c5ccc(N(c6ccc([2H])cc6)c6ccc([2H])cc6)c6c7c(n(c4cc3c2)c65)C(C)(C)c2ccc(C(C)(C)C)cc2-7)cc1. The van der Waals surface area contributed by atoms with Crippen molar-refractivity contribution in [1.29, 1.82) is 0 Å². The van der Waals surface area contributed by atoms with Gasteiger partial charge in [0.15, 0.2) is 0 Å². The summed E-state index contributed by atoms with van der Waals surface area (Å²) in [6.45, 7) is 11.6. The van der Waals surface area contributed by atoms with Crippen LogP contribution in [0.15, 0.2) is 182 Å². The second-order valence-electron chi connectivity index (χ2n) is 17.2. The van der Waals surface area contributed by atoms with Crippen LogP contribution in [0.2, 0.25) is 0 Å². The summed E-state index contributed by atoms with van der Waals surface area (Å²) in [5.41, 5.74) is 14.2. The third kappa shape index (κ3) is 5.06. The number of rotatable bonds is 6. The molecule has 280 valence electrons. The lowest BCUT2D eigenvalue weighted by Gasteiger charge is -2.27. The molecule has 0 saturated heterocycles. The van der Waals surface area contributed by atoms with Crippen molar-refractivity contribution in [3.05, 3.63) is 199 Å². The highest BCUT2D eigenvalue weighted by Gasteiger charge is 2.43. The molecule has 0 radical (unpaired) electrons. The highest BCUT2D eigenvalue weighted by atomic mass is 15.2. The van der Waals surface area contributed by atoms with Crippen LogP contribution in [0.3, 0.4) is 0 Å². The van der Waals surface area contributed by atoms with Crippen LogP contribution in [0.25, 0.3) is 49.1 Å². The van der Waals surface area contributed by atoms with Crippen LogP contribution in [-0.2, 0) is 10.8 Å². The second-order valence-corrected chi connectivity index (χ2v) is 17.2. The first-order chi connectivity index (χ1) is 29.8. The van der Waals surface area contributed by atoms with Crippen molar-refractivity contribution in [2.75, 3.05) is 9.80 Å². The number of hydrogen-bond acceptors (Lipinski definition) is 2. The van der Waals surface area contributed by atoms with Gasteiger partial charge in [-0.25, -0.2) is 0 Å². The predicted molar refractivity (Wildman–Crippen MR) is 247 cm³/mol. The molecule has 0 fully saturated rings. The van der Waals surface area contributed by atoms with Crippen LogP contribution in [-0.4, -0.2) is 4.40 Å². The Hall–Kier alpha value is -6.84. The molecule has 2 aromatic heterocycles. The topological polar surface area (TPSA) is 10.9 Å². The molecule has 3 nitrogen and oxygen atoms in total. The summed E-state index contributed by atoms with van der Waals surface area (Å²) in [4.78, 5) is 4.49. The van der Waals surface area contributed by atoms with Crippen molar-refractivity contribution >= 4 is 72.1 Å². The van der Waals surface area contributed by atoms with E-state index in [-0.39, 0.29) is 10.8 Å². The molecule has 0 N–H and O–H groups in total. The zero-order chi connectivity index (χ0) is 42.8. The van der Waals surface area contributed by atoms with Crippen LogP contribution in [0, 0.1) is 0 Å². The van der Waals surface area contributed by atoms with Gasteiger partial charge in [0, 0.05) is 61.3 Å². The smallest absolute Gasteiger partial charge is 0.0638 e. The molecule has 0 bridgehead atoms. The number of para-hydroxylation sites is 4. The summed E-state index contributed by atoms with van der Waals surface area (Å²) in [7, 11) is 0. The minimum absolute atomic E-state index is 0.0446. The number of nitrogens with zero attached hydrogens (tertiary/aromatic N) is 3. The van der Waals surface area contributed by atoms with Crippen molar-refractivity contribution in [3.8, 4) is 11.1 Å². The zero-order valence-corrected chi connectivity index (χ0v) is 33.4. The van der Waals surface area contributed by atoms with Gasteiger partial charge in [0.2, 0.25) is 0 Å². The number of benzene rings is 8. The van der Waals surface area contributed by atoms with Gasteiger partial charge in [-0.3, -0.25) is 0 Å². The maximum Gasteiger partial charge on any atom is 0.0638 e. The lowest BCUT2D eigenvalue weighted by Crippen LogP contribution is -2.18. The molecular formula is C55H45N3. The summed E-state index contributed by atoms with van der Waals surface area (Å²) in [6.07, 6.45) is 0. The largest absolute Gasteiger partial charge is 0.311 e. The fourth-order valence-electron chi connectivity index (χ4n) is 9.59. The van der Waals surface area contributed by atoms with Gasteiger partial charge in [-0.05, 0) is 112 Å². The van der Waals surface area contributed by atoms with E-state index in [0.29, 0.717) is 24.2 Å². The Kier molecular flexibility index (Phi) is 6.58. The monoisotopic (exact) mass is 751 g/mol. The molecule has 58 heavy (non-hydrogen) atoms. The van der Waals surface area contributed by atoms with Gasteiger partial charge in [0.1, 0.15) is 0 Å². The van der Waals surface area contributed by atoms with E-state index in [9.17, 15) is 0 Å². The Bertz CT molecular complexity index is 3290. The van der Waals surface area contributed by atoms with Gasteiger partial charge in [0.25, 0.3) is 0 Å². The van der Waals surface area contributed by atoms with E-state index in [2.05, 4.69) is 109 Å². The van der Waals surface area contributed by atoms with E-state index >= 15 is 0 Å². The highest BCUT2D eigenvalue weighted by Crippen LogP contribution is 2.58. The van der Waals surface area contributed by atoms with Crippen LogP contribution >= 0.6 is 0 Å². The lowest BCUT2D eigenvalue weighted by molar-refractivity contribution is 0.588. The number of anilines is 6. The Morgan fingerprint density at radius 2 is 1.10 bits per heavy atom. The van der Waals surface area contributed by atoms with E-state index in [4.69, 9.17) is 5.48 Å². The maximum absolute atomic E-state index is 8.35. The first kappa shape index (κ1) is 30.3. The minimum atomic E-state index is -0.331. The highest BCUT2D eigenvalue weighted by molar-refractivity contribution is 6.25. The third-order valence-corrected chi connectivity index (χ3v) is 12.3. The Morgan fingerprint density at radius 1 is 0.534 bits per heavy atom. The summed E-state index contributed by atoms with van der Waals surface area (Å²) in [6, 6.07) is 55.5. The normalized spacial score (nSPS) is 14.4. The van der Waals surface area contributed by atoms with Crippen molar-refractivity contribution in [2.24, 2.45) is 0 Å². The molecule has 11 rings (SSSR count). The van der Waals surface area contributed by atoms with E-state index < -0.39 is 0 Å². The van der Waals surface area contributed by atoms with E-state index in [0.717, 1.165) is 50.4 Å². The fraction of sp³-hybridized carbons (Fsp3) is 0.127. The molecule has 1 aliphatic rings. The quantitative estimate of drug-likeness (QED) is 0.168. The summed E-state index contributed by atoms with van der Waals surface area (Å²) in [5, 5.41) is 5.82. The van der Waals surface area contributed by atoms with Crippen molar-refractivity contribution < 1.29 is 5.48 Å². The zero-order valence-electron chi connectivity index (χ0n) is 37.4. The molecule has 0 amide bonds. The van der Waals surface area contributed by atoms with Crippen LogP contribution in [0.4, 0.5) is 34.1 Å². The first-order valence-corrected chi connectivity index (χ1v) is 20.1. The molecule has 3 heteroatoms. The van der Waals surface area contributed by atoms with Gasteiger partial charge in [0.05, 0.1) is 22.2 Å². The molecule has 2 heterocycles. The van der Waals surface area contributed by atoms with E-state index in [1.807, 2.05) is 97.1 Å². The molecule has 0 unspecified atom stereocenters. The molecule has 0 aliphatic heterocycles.